The van der Waals surface area contributed by atoms with Gasteiger partial charge in [0.05, 0.1) is 4.92 Å². The summed E-state index contributed by atoms with van der Waals surface area (Å²) in [6.07, 6.45) is 1.20. The van der Waals surface area contributed by atoms with E-state index in [4.69, 9.17) is 5.73 Å². The van der Waals surface area contributed by atoms with Gasteiger partial charge in [0.25, 0.3) is 5.69 Å². The van der Waals surface area contributed by atoms with Gasteiger partial charge in [-0.1, -0.05) is 13.8 Å². The molecule has 0 amide bonds. The van der Waals surface area contributed by atoms with Crippen molar-refractivity contribution in [3.63, 3.8) is 0 Å². The van der Waals surface area contributed by atoms with Crippen molar-refractivity contribution >= 4 is 11.5 Å². The quantitative estimate of drug-likeness (QED) is 0.556. The number of nitrogens with two attached hydrogens (primary N) is 1. The Labute approximate surface area is 75.7 Å². The number of nitro groups is 1. The van der Waals surface area contributed by atoms with Gasteiger partial charge in [-0.05, 0) is 12.0 Å². The van der Waals surface area contributed by atoms with Gasteiger partial charge >= 0.3 is 0 Å². The van der Waals surface area contributed by atoms with E-state index in [2.05, 4.69) is 4.98 Å². The van der Waals surface area contributed by atoms with Crippen LogP contribution < -0.4 is 5.73 Å². The maximum absolute atomic E-state index is 10.6. The molecule has 0 saturated heterocycles. The lowest BCUT2D eigenvalue weighted by atomic mass is 10.0. The zero-order valence-electron chi connectivity index (χ0n) is 7.52. The molecule has 0 fully saturated rings. The maximum atomic E-state index is 10.6. The second kappa shape index (κ2) is 3.38. The molecule has 5 nitrogen and oxygen atoms in total. The van der Waals surface area contributed by atoms with Crippen molar-refractivity contribution in [3.05, 3.63) is 27.9 Å². The average molecular weight is 181 g/mol. The Morgan fingerprint density at radius 2 is 2.23 bits per heavy atom. The van der Waals surface area contributed by atoms with Crippen LogP contribution in [0, 0.1) is 10.1 Å². The van der Waals surface area contributed by atoms with E-state index < -0.39 is 4.92 Å². The molecule has 0 saturated carbocycles. The van der Waals surface area contributed by atoms with Crippen LogP contribution in [-0.4, -0.2) is 9.91 Å². The molecule has 0 aliphatic heterocycles. The predicted molar refractivity (Wildman–Crippen MR) is 49.4 cm³/mol. The molecule has 1 heterocycles. The van der Waals surface area contributed by atoms with Gasteiger partial charge in [-0.2, -0.15) is 0 Å². The normalized spacial score (nSPS) is 10.4. The first-order chi connectivity index (χ1) is 6.02. The number of anilines is 1. The van der Waals surface area contributed by atoms with Gasteiger partial charge in [-0.3, -0.25) is 10.1 Å². The zero-order valence-corrected chi connectivity index (χ0v) is 7.52. The fourth-order valence-electron chi connectivity index (χ4n) is 1.10. The molecule has 0 unspecified atom stereocenters. The van der Waals surface area contributed by atoms with Crippen LogP contribution in [0.2, 0.25) is 0 Å². The molecular weight excluding hydrogens is 170 g/mol. The van der Waals surface area contributed by atoms with E-state index in [1.165, 1.54) is 6.20 Å². The SMILES string of the molecule is CC(C)c1cc(N)ncc1[N+](=O)[O-]. The second-order valence-electron chi connectivity index (χ2n) is 3.08. The third kappa shape index (κ3) is 1.93. The van der Waals surface area contributed by atoms with E-state index >= 15 is 0 Å². The summed E-state index contributed by atoms with van der Waals surface area (Å²) in [6.45, 7) is 3.75. The average Bonchev–Trinajstić information content (AvgIpc) is 2.03. The minimum Gasteiger partial charge on any atom is -0.384 e. The first kappa shape index (κ1) is 9.44. The zero-order chi connectivity index (χ0) is 10.0. The summed E-state index contributed by atoms with van der Waals surface area (Å²) in [6, 6.07) is 1.54. The number of aromatic nitrogens is 1. The van der Waals surface area contributed by atoms with Crippen molar-refractivity contribution < 1.29 is 4.92 Å². The fourth-order valence-corrected chi connectivity index (χ4v) is 1.10. The summed E-state index contributed by atoms with van der Waals surface area (Å²) in [5, 5.41) is 10.6. The molecule has 0 spiro atoms. The lowest BCUT2D eigenvalue weighted by Gasteiger charge is -2.05. The van der Waals surface area contributed by atoms with Gasteiger partial charge in [-0.25, -0.2) is 4.98 Å². The molecule has 0 radical (unpaired) electrons. The molecule has 5 heteroatoms. The van der Waals surface area contributed by atoms with Crippen LogP contribution in [0.15, 0.2) is 12.3 Å². The standard InChI is InChI=1S/C8H11N3O2/c1-5(2)6-3-8(9)10-4-7(6)11(12)13/h3-5H,1-2H3,(H2,9,10). The van der Waals surface area contributed by atoms with Crippen LogP contribution in [0.4, 0.5) is 11.5 Å². The maximum Gasteiger partial charge on any atom is 0.291 e. The van der Waals surface area contributed by atoms with Crippen LogP contribution >= 0.6 is 0 Å². The lowest BCUT2D eigenvalue weighted by Crippen LogP contribution is -2.00. The van der Waals surface area contributed by atoms with E-state index in [0.717, 1.165) is 0 Å². The number of nitrogens with zero attached hydrogens (tertiary/aromatic N) is 2. The molecule has 0 aliphatic rings. The smallest absolute Gasteiger partial charge is 0.291 e. The van der Waals surface area contributed by atoms with Crippen molar-refractivity contribution in [1.29, 1.82) is 0 Å². The molecule has 1 aromatic heterocycles. The van der Waals surface area contributed by atoms with Crippen LogP contribution in [0.3, 0.4) is 0 Å². The first-order valence-corrected chi connectivity index (χ1v) is 3.92. The summed E-state index contributed by atoms with van der Waals surface area (Å²) in [4.78, 5) is 13.8. The minimum absolute atomic E-state index is 0.0317. The topological polar surface area (TPSA) is 82.0 Å². The first-order valence-electron chi connectivity index (χ1n) is 3.92. The lowest BCUT2D eigenvalue weighted by molar-refractivity contribution is -0.386. The molecule has 13 heavy (non-hydrogen) atoms. The molecule has 0 atom stereocenters. The Hall–Kier alpha value is -1.65. The summed E-state index contributed by atoms with van der Waals surface area (Å²) >= 11 is 0. The molecule has 1 aromatic rings. The highest BCUT2D eigenvalue weighted by atomic mass is 16.6. The predicted octanol–water partition coefficient (Wildman–Crippen LogP) is 1.70. The van der Waals surface area contributed by atoms with E-state index in [1.807, 2.05) is 13.8 Å². The highest BCUT2D eigenvalue weighted by Crippen LogP contribution is 2.26. The molecule has 0 aromatic carbocycles. The number of rotatable bonds is 2. The molecule has 0 bridgehead atoms. The summed E-state index contributed by atoms with van der Waals surface area (Å²) in [5.74, 6) is 0.389. The molecule has 1 rings (SSSR count). The summed E-state index contributed by atoms with van der Waals surface area (Å²) in [5.41, 5.74) is 6.09. The van der Waals surface area contributed by atoms with E-state index in [9.17, 15) is 10.1 Å². The molecule has 2 N–H and O–H groups in total. The van der Waals surface area contributed by atoms with Crippen molar-refractivity contribution in [2.45, 2.75) is 19.8 Å². The van der Waals surface area contributed by atoms with Crippen LogP contribution in [0.25, 0.3) is 0 Å². The largest absolute Gasteiger partial charge is 0.384 e. The van der Waals surface area contributed by atoms with Gasteiger partial charge in [0.2, 0.25) is 0 Å². The third-order valence-corrected chi connectivity index (χ3v) is 1.75. The van der Waals surface area contributed by atoms with Crippen molar-refractivity contribution in [2.75, 3.05) is 5.73 Å². The van der Waals surface area contributed by atoms with E-state index in [1.54, 1.807) is 6.07 Å². The van der Waals surface area contributed by atoms with E-state index in [0.29, 0.717) is 11.4 Å². The van der Waals surface area contributed by atoms with E-state index in [-0.39, 0.29) is 11.6 Å². The Balaban J connectivity index is 3.26. The number of hydrogen-bond acceptors (Lipinski definition) is 4. The Kier molecular flexibility index (Phi) is 2.46. The molecule has 0 aliphatic carbocycles. The fraction of sp³-hybridized carbons (Fsp3) is 0.375. The number of hydrogen-bond donors (Lipinski definition) is 1. The molecule has 70 valence electrons. The van der Waals surface area contributed by atoms with Gasteiger partial charge in [-0.15, -0.1) is 0 Å². The van der Waals surface area contributed by atoms with Gasteiger partial charge in [0.15, 0.2) is 0 Å². The summed E-state index contributed by atoms with van der Waals surface area (Å²) in [7, 11) is 0. The number of pyridine rings is 1. The van der Waals surface area contributed by atoms with Crippen molar-refractivity contribution in [1.82, 2.24) is 4.98 Å². The monoisotopic (exact) mass is 181 g/mol. The highest BCUT2D eigenvalue weighted by molar-refractivity contribution is 5.46. The Morgan fingerprint density at radius 1 is 1.62 bits per heavy atom. The van der Waals surface area contributed by atoms with Crippen LogP contribution in [0.1, 0.15) is 25.3 Å². The Morgan fingerprint density at radius 3 is 2.69 bits per heavy atom. The highest BCUT2D eigenvalue weighted by Gasteiger charge is 2.16. The van der Waals surface area contributed by atoms with Crippen LogP contribution in [0.5, 0.6) is 0 Å². The summed E-state index contributed by atoms with van der Waals surface area (Å²) < 4.78 is 0. The van der Waals surface area contributed by atoms with Crippen molar-refractivity contribution in [3.8, 4) is 0 Å². The third-order valence-electron chi connectivity index (χ3n) is 1.75. The number of nitrogen functional groups attached to an aromatic ring is 1. The van der Waals surface area contributed by atoms with Crippen LogP contribution in [-0.2, 0) is 0 Å². The van der Waals surface area contributed by atoms with Gasteiger partial charge in [0.1, 0.15) is 12.0 Å². The van der Waals surface area contributed by atoms with Crippen molar-refractivity contribution in [2.24, 2.45) is 0 Å². The van der Waals surface area contributed by atoms with Gasteiger partial charge in [0, 0.05) is 5.56 Å². The second-order valence-corrected chi connectivity index (χ2v) is 3.08. The molecular formula is C8H11N3O2. The van der Waals surface area contributed by atoms with Gasteiger partial charge < -0.3 is 5.73 Å². The minimum atomic E-state index is -0.443. The Bertz CT molecular complexity index is 336.